The zero-order valence-corrected chi connectivity index (χ0v) is 6.44. The van der Waals surface area contributed by atoms with E-state index < -0.39 is 23.2 Å². The van der Waals surface area contributed by atoms with Crippen LogP contribution in [0.2, 0.25) is 0 Å². The summed E-state index contributed by atoms with van der Waals surface area (Å²) >= 11 is 0. The van der Waals surface area contributed by atoms with Crippen LogP contribution in [0.3, 0.4) is 0 Å². The monoisotopic (exact) mass is 174 g/mol. The van der Waals surface area contributed by atoms with Gasteiger partial charge in [0, 0.05) is 0 Å². The van der Waals surface area contributed by atoms with Crippen molar-refractivity contribution in [3.8, 4) is 0 Å². The molecule has 0 fully saturated rings. The normalized spacial score (nSPS) is 12.8. The van der Waals surface area contributed by atoms with E-state index in [1.54, 1.807) is 0 Å². The summed E-state index contributed by atoms with van der Waals surface area (Å²) in [5.41, 5.74) is 7.21. The van der Waals surface area contributed by atoms with Crippen molar-refractivity contribution in [1.82, 2.24) is 0 Å². The molecule has 0 rings (SSSR count). The summed E-state index contributed by atoms with van der Waals surface area (Å²) in [4.78, 5) is 20.8. The number of carbonyl (C=O) groups is 2. The quantitative estimate of drug-likeness (QED) is 0.311. The second-order valence-electron chi connectivity index (χ2n) is 2.18. The molecule has 0 amide bonds. The maximum atomic E-state index is 10.4. The van der Waals surface area contributed by atoms with Gasteiger partial charge < -0.3 is 10.2 Å². The zero-order valence-electron chi connectivity index (χ0n) is 6.44. The minimum absolute atomic E-state index is 0.546. The van der Waals surface area contributed by atoms with Gasteiger partial charge in [0.1, 0.15) is 0 Å². The summed E-state index contributed by atoms with van der Waals surface area (Å²) in [5.74, 6) is -3.03. The van der Waals surface area contributed by atoms with Crippen LogP contribution in [0.4, 0.5) is 0 Å². The molecular weight excluding hydrogens is 164 g/mol. The highest BCUT2D eigenvalue weighted by molar-refractivity contribution is 5.98. The third-order valence-electron chi connectivity index (χ3n) is 1.32. The number of carboxylic acid groups (broad SMARTS) is 2. The van der Waals surface area contributed by atoms with Gasteiger partial charge in [-0.2, -0.15) is 0 Å². The van der Waals surface area contributed by atoms with Crippen molar-refractivity contribution in [2.75, 3.05) is 0 Å². The van der Waals surface area contributed by atoms with Crippen LogP contribution in [0.1, 0.15) is 6.92 Å². The first-order valence-corrected chi connectivity index (χ1v) is 3.05. The first-order chi connectivity index (χ1) is 5.34. The predicted octanol–water partition coefficient (Wildman–Crippen LogP) is -1.28. The Morgan fingerprint density at radius 1 is 1.33 bits per heavy atom. The highest BCUT2D eigenvalue weighted by Gasteiger charge is 2.37. The molecular formula is C6H10N2O4. The highest BCUT2D eigenvalue weighted by atomic mass is 16.4. The lowest BCUT2D eigenvalue weighted by atomic mass is 10.0. The minimum atomic E-state index is -2.33. The van der Waals surface area contributed by atoms with Crippen LogP contribution < -0.4 is 11.5 Å². The van der Waals surface area contributed by atoms with Crippen molar-refractivity contribution >= 4 is 11.9 Å². The number of nitrogens with two attached hydrogens (primary N) is 2. The van der Waals surface area contributed by atoms with E-state index in [0.717, 1.165) is 6.08 Å². The number of hydrogen-bond acceptors (Lipinski definition) is 4. The fourth-order valence-electron chi connectivity index (χ4n) is 0.654. The third-order valence-corrected chi connectivity index (χ3v) is 1.32. The Hall–Kier alpha value is -1.40. The molecule has 0 saturated heterocycles. The van der Waals surface area contributed by atoms with Crippen molar-refractivity contribution in [2.45, 2.75) is 12.6 Å². The Morgan fingerprint density at radius 3 is 1.83 bits per heavy atom. The van der Waals surface area contributed by atoms with Crippen molar-refractivity contribution in [3.05, 3.63) is 11.6 Å². The summed E-state index contributed by atoms with van der Waals surface area (Å²) in [7, 11) is 0. The molecule has 6 heteroatoms. The number of hydrogen-bond donors (Lipinski definition) is 4. The molecule has 0 unspecified atom stereocenters. The van der Waals surface area contributed by atoms with Gasteiger partial charge in [0.25, 0.3) is 0 Å². The fraction of sp³-hybridized carbons (Fsp3) is 0.333. The molecule has 12 heavy (non-hydrogen) atoms. The maximum Gasteiger partial charge on any atom is 0.343 e. The lowest BCUT2D eigenvalue weighted by Crippen LogP contribution is -2.59. The summed E-state index contributed by atoms with van der Waals surface area (Å²) in [6.45, 7) is 1.35. The van der Waals surface area contributed by atoms with Crippen LogP contribution >= 0.6 is 0 Å². The molecule has 6 N–H and O–H groups in total. The minimum Gasteiger partial charge on any atom is -0.479 e. The second kappa shape index (κ2) is 3.33. The predicted molar refractivity (Wildman–Crippen MR) is 40.1 cm³/mol. The Morgan fingerprint density at radius 2 is 1.75 bits per heavy atom. The first kappa shape index (κ1) is 10.6. The molecule has 0 spiro atoms. The van der Waals surface area contributed by atoms with E-state index in [1.807, 2.05) is 0 Å². The van der Waals surface area contributed by atoms with E-state index in [2.05, 4.69) is 0 Å². The van der Waals surface area contributed by atoms with Gasteiger partial charge in [0.05, 0.1) is 5.57 Å². The Labute approximate surface area is 68.5 Å². The van der Waals surface area contributed by atoms with Gasteiger partial charge in [-0.05, 0) is 6.92 Å². The Bertz CT molecular complexity index is 244. The molecule has 0 aliphatic rings. The van der Waals surface area contributed by atoms with Crippen LogP contribution in [0.25, 0.3) is 0 Å². The van der Waals surface area contributed by atoms with Gasteiger partial charge in [-0.3, -0.25) is 11.5 Å². The van der Waals surface area contributed by atoms with Crippen molar-refractivity contribution in [2.24, 2.45) is 11.5 Å². The number of carboxylic acids is 2. The average molecular weight is 174 g/mol. The van der Waals surface area contributed by atoms with Crippen molar-refractivity contribution < 1.29 is 19.8 Å². The van der Waals surface area contributed by atoms with Crippen molar-refractivity contribution in [3.63, 3.8) is 0 Å². The summed E-state index contributed by atoms with van der Waals surface area (Å²) < 4.78 is 0. The topological polar surface area (TPSA) is 127 Å². The Kier molecular flexibility index (Phi) is 2.94. The summed E-state index contributed by atoms with van der Waals surface area (Å²) in [6.07, 6.45) is 1.05. The third kappa shape index (κ3) is 1.80. The molecule has 6 nitrogen and oxygen atoms in total. The molecule has 0 aromatic heterocycles. The highest BCUT2D eigenvalue weighted by Crippen LogP contribution is 2.07. The van der Waals surface area contributed by atoms with Gasteiger partial charge >= 0.3 is 11.9 Å². The molecule has 0 bridgehead atoms. The van der Waals surface area contributed by atoms with E-state index >= 15 is 0 Å². The van der Waals surface area contributed by atoms with Crippen LogP contribution in [-0.2, 0) is 9.59 Å². The SMILES string of the molecule is CC=C(C(=O)O)C(N)(N)C(=O)O. The van der Waals surface area contributed by atoms with Gasteiger partial charge in [-0.15, -0.1) is 0 Å². The lowest BCUT2D eigenvalue weighted by molar-refractivity contribution is -0.145. The summed E-state index contributed by atoms with van der Waals surface area (Å²) in [5, 5.41) is 16.9. The van der Waals surface area contributed by atoms with Crippen LogP contribution in [-0.4, -0.2) is 27.8 Å². The fourth-order valence-corrected chi connectivity index (χ4v) is 0.654. The van der Waals surface area contributed by atoms with Gasteiger partial charge in [-0.1, -0.05) is 6.08 Å². The van der Waals surface area contributed by atoms with Crippen LogP contribution in [0.5, 0.6) is 0 Å². The molecule has 68 valence electrons. The largest absolute Gasteiger partial charge is 0.479 e. The Balaban J connectivity index is 5.00. The van der Waals surface area contributed by atoms with Gasteiger partial charge in [0.15, 0.2) is 5.66 Å². The second-order valence-corrected chi connectivity index (χ2v) is 2.18. The van der Waals surface area contributed by atoms with E-state index in [0.29, 0.717) is 0 Å². The van der Waals surface area contributed by atoms with Crippen LogP contribution in [0, 0.1) is 0 Å². The molecule has 0 atom stereocenters. The van der Waals surface area contributed by atoms with Gasteiger partial charge in [0.2, 0.25) is 0 Å². The van der Waals surface area contributed by atoms with Crippen molar-refractivity contribution in [1.29, 1.82) is 0 Å². The molecule has 0 aliphatic carbocycles. The van der Waals surface area contributed by atoms with E-state index in [1.165, 1.54) is 6.92 Å². The first-order valence-electron chi connectivity index (χ1n) is 3.05. The van der Waals surface area contributed by atoms with Crippen LogP contribution in [0.15, 0.2) is 11.6 Å². The average Bonchev–Trinajstić information content (AvgIpc) is 1.86. The van der Waals surface area contributed by atoms with E-state index in [9.17, 15) is 9.59 Å². The molecule has 0 aliphatic heterocycles. The molecule has 0 aromatic rings. The molecule has 0 aromatic carbocycles. The molecule has 0 radical (unpaired) electrons. The van der Waals surface area contributed by atoms with E-state index in [4.69, 9.17) is 21.7 Å². The molecule has 0 heterocycles. The smallest absolute Gasteiger partial charge is 0.343 e. The number of rotatable bonds is 3. The standard InChI is InChI=1S/C6H10N2O4/c1-2-3(4(9)10)6(7,8)5(11)12/h2H,7-8H2,1H3,(H,9,10)(H,11,12). The number of allylic oxidation sites excluding steroid dienone is 1. The lowest BCUT2D eigenvalue weighted by Gasteiger charge is -2.19. The zero-order chi connectivity index (χ0) is 9.94. The maximum absolute atomic E-state index is 10.4. The molecule has 0 saturated carbocycles. The summed E-state index contributed by atoms with van der Waals surface area (Å²) in [6, 6.07) is 0. The van der Waals surface area contributed by atoms with E-state index in [-0.39, 0.29) is 0 Å². The van der Waals surface area contributed by atoms with Gasteiger partial charge in [-0.25, -0.2) is 9.59 Å². The number of aliphatic carboxylic acids is 2.